The van der Waals surface area contributed by atoms with Crippen molar-refractivity contribution in [2.75, 3.05) is 18.0 Å². The Morgan fingerprint density at radius 2 is 2.00 bits per heavy atom. The highest BCUT2D eigenvalue weighted by atomic mass is 79.9. The maximum atomic E-state index is 6.45. The molecule has 2 unspecified atom stereocenters. The number of rotatable bonds is 2. The number of hydrogen-bond donors (Lipinski definition) is 1. The zero-order valence-corrected chi connectivity index (χ0v) is 15.0. The summed E-state index contributed by atoms with van der Waals surface area (Å²) >= 11 is 10.0. The van der Waals surface area contributed by atoms with Crippen molar-refractivity contribution < 1.29 is 0 Å². The van der Waals surface area contributed by atoms with Crippen molar-refractivity contribution >= 4 is 33.2 Å². The highest BCUT2D eigenvalue weighted by Gasteiger charge is 2.31. The predicted molar refractivity (Wildman–Crippen MR) is 94.3 cm³/mol. The molecule has 0 radical (unpaired) electrons. The van der Waals surface area contributed by atoms with E-state index < -0.39 is 0 Å². The lowest BCUT2D eigenvalue weighted by molar-refractivity contribution is 0.245. The Balaban J connectivity index is 1.78. The third kappa shape index (κ3) is 3.57. The maximum Gasteiger partial charge on any atom is 0.0640 e. The number of nitrogens with one attached hydrogen (secondary N) is 1. The van der Waals surface area contributed by atoms with Crippen LogP contribution in [0.25, 0.3) is 0 Å². The molecule has 1 saturated carbocycles. The van der Waals surface area contributed by atoms with Crippen LogP contribution in [0.2, 0.25) is 5.02 Å². The Kier molecular flexibility index (Phi) is 5.13. The summed E-state index contributed by atoms with van der Waals surface area (Å²) in [7, 11) is 0. The molecular formula is C17H24BrClN2. The van der Waals surface area contributed by atoms with E-state index in [1.54, 1.807) is 0 Å². The van der Waals surface area contributed by atoms with Gasteiger partial charge < -0.3 is 10.2 Å². The molecule has 2 nitrogen and oxygen atoms in total. The van der Waals surface area contributed by atoms with E-state index in [1.807, 2.05) is 12.1 Å². The second-order valence-corrected chi connectivity index (χ2v) is 7.83. The normalized spacial score (nSPS) is 27.9. The van der Waals surface area contributed by atoms with E-state index in [0.717, 1.165) is 28.5 Å². The second-order valence-electron chi connectivity index (χ2n) is 6.51. The van der Waals surface area contributed by atoms with Crippen LogP contribution >= 0.6 is 27.5 Å². The highest BCUT2D eigenvalue weighted by Crippen LogP contribution is 2.34. The van der Waals surface area contributed by atoms with Gasteiger partial charge in [0.2, 0.25) is 0 Å². The summed E-state index contributed by atoms with van der Waals surface area (Å²) in [5.74, 6) is 0.833. The van der Waals surface area contributed by atoms with Gasteiger partial charge >= 0.3 is 0 Å². The van der Waals surface area contributed by atoms with Crippen molar-refractivity contribution in [2.45, 2.75) is 51.1 Å². The Morgan fingerprint density at radius 3 is 2.76 bits per heavy atom. The van der Waals surface area contributed by atoms with Crippen molar-refractivity contribution in [3.8, 4) is 0 Å². The number of halogens is 2. The fourth-order valence-corrected chi connectivity index (χ4v) is 4.36. The van der Waals surface area contributed by atoms with Crippen molar-refractivity contribution in [1.29, 1.82) is 0 Å². The summed E-state index contributed by atoms with van der Waals surface area (Å²) < 4.78 is 1.10. The van der Waals surface area contributed by atoms with Crippen molar-refractivity contribution in [3.63, 3.8) is 0 Å². The van der Waals surface area contributed by atoms with Gasteiger partial charge in [0.25, 0.3) is 0 Å². The molecule has 1 heterocycles. The smallest absolute Gasteiger partial charge is 0.0640 e. The van der Waals surface area contributed by atoms with Crippen LogP contribution in [0.4, 0.5) is 5.69 Å². The molecule has 1 aromatic carbocycles. The number of anilines is 1. The van der Waals surface area contributed by atoms with Gasteiger partial charge in [-0.25, -0.2) is 0 Å². The van der Waals surface area contributed by atoms with Crippen LogP contribution in [0, 0.1) is 5.92 Å². The molecule has 2 aliphatic rings. The molecule has 1 N–H and O–H groups in total. The fourth-order valence-electron chi connectivity index (χ4n) is 3.78. The van der Waals surface area contributed by atoms with Gasteiger partial charge in [0.05, 0.1) is 10.7 Å². The van der Waals surface area contributed by atoms with Gasteiger partial charge in [-0.15, -0.1) is 0 Å². The molecule has 0 amide bonds. The Bertz CT molecular complexity index is 488. The molecular weight excluding hydrogens is 348 g/mol. The van der Waals surface area contributed by atoms with E-state index in [4.69, 9.17) is 11.6 Å². The summed E-state index contributed by atoms with van der Waals surface area (Å²) in [5.41, 5.74) is 1.17. The Morgan fingerprint density at radius 1 is 1.24 bits per heavy atom. The molecule has 0 aromatic heterocycles. The monoisotopic (exact) mass is 370 g/mol. The molecule has 1 aromatic rings. The number of piperazine rings is 1. The molecule has 1 aliphatic carbocycles. The van der Waals surface area contributed by atoms with E-state index in [1.165, 1.54) is 37.8 Å². The average molecular weight is 372 g/mol. The number of benzene rings is 1. The maximum absolute atomic E-state index is 6.45. The van der Waals surface area contributed by atoms with Crippen LogP contribution in [0.15, 0.2) is 22.7 Å². The van der Waals surface area contributed by atoms with E-state index in [-0.39, 0.29) is 0 Å². The molecule has 1 saturated heterocycles. The summed E-state index contributed by atoms with van der Waals surface area (Å²) in [6, 6.07) is 7.25. The minimum atomic E-state index is 0.483. The van der Waals surface area contributed by atoms with E-state index in [9.17, 15) is 0 Å². The lowest BCUT2D eigenvalue weighted by Crippen LogP contribution is -2.58. The molecule has 0 spiro atoms. The highest BCUT2D eigenvalue weighted by molar-refractivity contribution is 9.10. The molecule has 0 bridgehead atoms. The van der Waals surface area contributed by atoms with Crippen LogP contribution in [-0.4, -0.2) is 25.2 Å². The van der Waals surface area contributed by atoms with Gasteiger partial charge in [-0.2, -0.15) is 0 Å². The summed E-state index contributed by atoms with van der Waals surface area (Å²) in [4.78, 5) is 2.49. The molecule has 2 fully saturated rings. The van der Waals surface area contributed by atoms with E-state index in [2.05, 4.69) is 39.1 Å². The second kappa shape index (κ2) is 6.89. The lowest BCUT2D eigenvalue weighted by Gasteiger charge is -2.44. The van der Waals surface area contributed by atoms with Crippen LogP contribution in [0.1, 0.15) is 39.0 Å². The third-order valence-electron chi connectivity index (χ3n) is 5.04. The minimum absolute atomic E-state index is 0.483. The first-order chi connectivity index (χ1) is 10.1. The summed E-state index contributed by atoms with van der Waals surface area (Å²) in [6.45, 7) is 4.40. The van der Waals surface area contributed by atoms with Crippen LogP contribution < -0.4 is 10.2 Å². The van der Waals surface area contributed by atoms with E-state index in [0.29, 0.717) is 12.1 Å². The topological polar surface area (TPSA) is 15.3 Å². The van der Waals surface area contributed by atoms with Gasteiger partial charge in [-0.3, -0.25) is 0 Å². The zero-order chi connectivity index (χ0) is 14.8. The van der Waals surface area contributed by atoms with Gasteiger partial charge in [0, 0.05) is 29.6 Å². The van der Waals surface area contributed by atoms with Gasteiger partial charge in [-0.05, 0) is 43.9 Å². The first-order valence-electron chi connectivity index (χ1n) is 8.10. The van der Waals surface area contributed by atoms with Crippen molar-refractivity contribution in [2.24, 2.45) is 5.92 Å². The van der Waals surface area contributed by atoms with Gasteiger partial charge in [0.15, 0.2) is 0 Å². The molecule has 3 rings (SSSR count). The molecule has 1 aliphatic heterocycles. The predicted octanol–water partition coefficient (Wildman–Crippen LogP) is 4.85. The summed E-state index contributed by atoms with van der Waals surface area (Å²) in [6.07, 6.45) is 6.98. The van der Waals surface area contributed by atoms with Crippen molar-refractivity contribution in [3.05, 3.63) is 27.7 Å². The minimum Gasteiger partial charge on any atom is -0.365 e. The molecule has 2 atom stereocenters. The molecule has 116 valence electrons. The van der Waals surface area contributed by atoms with Crippen LogP contribution in [0.3, 0.4) is 0 Å². The first kappa shape index (κ1) is 15.6. The fraction of sp³-hybridized carbons (Fsp3) is 0.647. The van der Waals surface area contributed by atoms with Crippen LogP contribution in [-0.2, 0) is 0 Å². The SMILES string of the molecule is CC1CNC(C2CCCCC2)CN1c1cc(Br)ccc1Cl. The molecule has 21 heavy (non-hydrogen) atoms. The Labute approximate surface area is 141 Å². The zero-order valence-electron chi connectivity index (χ0n) is 12.6. The third-order valence-corrected chi connectivity index (χ3v) is 5.85. The van der Waals surface area contributed by atoms with Crippen LogP contribution in [0.5, 0.6) is 0 Å². The summed E-state index contributed by atoms with van der Waals surface area (Å²) in [5, 5.41) is 4.63. The first-order valence-corrected chi connectivity index (χ1v) is 9.27. The average Bonchev–Trinajstić information content (AvgIpc) is 2.51. The van der Waals surface area contributed by atoms with Gasteiger partial charge in [0.1, 0.15) is 0 Å². The molecule has 4 heteroatoms. The number of nitrogens with zero attached hydrogens (tertiary/aromatic N) is 1. The number of hydrogen-bond acceptors (Lipinski definition) is 2. The largest absolute Gasteiger partial charge is 0.365 e. The lowest BCUT2D eigenvalue weighted by atomic mass is 9.82. The van der Waals surface area contributed by atoms with Crippen molar-refractivity contribution in [1.82, 2.24) is 5.32 Å². The standard InChI is InChI=1S/C17H24BrClN2/c1-12-10-20-16(13-5-3-2-4-6-13)11-21(12)17-9-14(18)7-8-15(17)19/h7-9,12-13,16,20H,2-6,10-11H2,1H3. The Hall–Kier alpha value is -0.250. The quantitative estimate of drug-likeness (QED) is 0.799. The van der Waals surface area contributed by atoms with Gasteiger partial charge in [-0.1, -0.05) is 46.8 Å². The van der Waals surface area contributed by atoms with E-state index >= 15 is 0 Å².